The van der Waals surface area contributed by atoms with E-state index in [1.165, 1.54) is 6.92 Å². The Labute approximate surface area is 174 Å². The molecule has 3 heterocycles. The predicted molar refractivity (Wildman–Crippen MR) is 118 cm³/mol. The molecular weight excluding hydrogens is 376 g/mol. The van der Waals surface area contributed by atoms with E-state index in [-0.39, 0.29) is 5.91 Å². The van der Waals surface area contributed by atoms with Gasteiger partial charge < -0.3 is 15.0 Å². The number of rotatable bonds is 5. The van der Waals surface area contributed by atoms with Gasteiger partial charge in [0.15, 0.2) is 0 Å². The van der Waals surface area contributed by atoms with Crippen molar-refractivity contribution in [1.29, 1.82) is 0 Å². The third-order valence-electron chi connectivity index (χ3n) is 4.76. The maximum absolute atomic E-state index is 12.2. The molecular formula is C24H20N4O2. The Kier molecular flexibility index (Phi) is 5.48. The van der Waals surface area contributed by atoms with Gasteiger partial charge in [0.2, 0.25) is 5.91 Å². The van der Waals surface area contributed by atoms with E-state index in [2.05, 4.69) is 15.3 Å². The lowest BCUT2D eigenvalue weighted by molar-refractivity contribution is -0.114. The van der Waals surface area contributed by atoms with Gasteiger partial charge in [0.05, 0.1) is 17.6 Å². The minimum absolute atomic E-state index is 0.150. The molecule has 1 atom stereocenters. The second kappa shape index (κ2) is 8.53. The number of nitrogens with one attached hydrogen (secondary N) is 1. The molecule has 30 heavy (non-hydrogen) atoms. The van der Waals surface area contributed by atoms with Crippen LogP contribution >= 0.6 is 0 Å². The van der Waals surface area contributed by atoms with Gasteiger partial charge in [-0.2, -0.15) is 0 Å². The van der Waals surface area contributed by atoms with Crippen LogP contribution in [0.2, 0.25) is 0 Å². The fourth-order valence-electron chi connectivity index (χ4n) is 3.46. The number of carbonyl (C=O) groups is 2. The monoisotopic (exact) mass is 396 g/mol. The van der Waals surface area contributed by atoms with Crippen LogP contribution in [0.3, 0.4) is 0 Å². The molecule has 148 valence electrons. The first-order valence-corrected chi connectivity index (χ1v) is 9.52. The summed E-state index contributed by atoms with van der Waals surface area (Å²) < 4.78 is 0. The normalized spacial score (nSPS) is 15.8. The molecule has 0 saturated carbocycles. The van der Waals surface area contributed by atoms with Crippen molar-refractivity contribution in [3.63, 3.8) is 0 Å². The smallest absolute Gasteiger partial charge is 0.221 e. The zero-order valence-corrected chi connectivity index (χ0v) is 16.4. The molecule has 3 aromatic rings. The van der Waals surface area contributed by atoms with Crippen molar-refractivity contribution in [3.05, 3.63) is 96.7 Å². The summed E-state index contributed by atoms with van der Waals surface area (Å²) >= 11 is 0. The number of benzene rings is 1. The number of pyridine rings is 2. The molecule has 0 radical (unpaired) electrons. The highest BCUT2D eigenvalue weighted by Crippen LogP contribution is 2.35. The van der Waals surface area contributed by atoms with Crippen LogP contribution in [-0.2, 0) is 9.59 Å². The molecule has 6 heteroatoms. The van der Waals surface area contributed by atoms with Crippen LogP contribution in [0.5, 0.6) is 0 Å². The molecule has 1 unspecified atom stereocenters. The van der Waals surface area contributed by atoms with Crippen molar-refractivity contribution in [2.45, 2.75) is 13.0 Å². The van der Waals surface area contributed by atoms with E-state index in [1.807, 2.05) is 71.8 Å². The zero-order valence-electron chi connectivity index (χ0n) is 16.4. The molecule has 0 saturated heterocycles. The summed E-state index contributed by atoms with van der Waals surface area (Å²) in [5, 5.41) is 2.80. The van der Waals surface area contributed by atoms with E-state index in [4.69, 9.17) is 0 Å². The first-order valence-electron chi connectivity index (χ1n) is 9.52. The Hall–Kier alpha value is -4.06. The first kappa shape index (κ1) is 19.3. The van der Waals surface area contributed by atoms with E-state index in [9.17, 15) is 9.59 Å². The Bertz CT molecular complexity index is 1120. The molecule has 4 rings (SSSR count). The van der Waals surface area contributed by atoms with Gasteiger partial charge in [-0.05, 0) is 53.6 Å². The number of aldehydes is 1. The Morgan fingerprint density at radius 1 is 1.10 bits per heavy atom. The lowest BCUT2D eigenvalue weighted by atomic mass is 9.91. The zero-order chi connectivity index (χ0) is 20.9. The molecule has 2 aromatic heterocycles. The third-order valence-corrected chi connectivity index (χ3v) is 4.76. The maximum atomic E-state index is 12.2. The summed E-state index contributed by atoms with van der Waals surface area (Å²) in [7, 11) is 0. The molecule has 1 aromatic carbocycles. The fraction of sp³-hybridized carbons (Fsp3) is 0.0833. The van der Waals surface area contributed by atoms with Crippen LogP contribution in [0.25, 0.3) is 11.1 Å². The topological polar surface area (TPSA) is 75.2 Å². The van der Waals surface area contributed by atoms with Crippen molar-refractivity contribution in [2.75, 3.05) is 10.2 Å². The van der Waals surface area contributed by atoms with Crippen LogP contribution in [0.15, 0.2) is 85.5 Å². The molecule has 0 spiro atoms. The second-order valence-corrected chi connectivity index (χ2v) is 6.86. The number of aromatic nitrogens is 2. The number of nitrogens with zero attached hydrogens (tertiary/aromatic N) is 3. The van der Waals surface area contributed by atoms with E-state index >= 15 is 0 Å². The predicted octanol–water partition coefficient (Wildman–Crippen LogP) is 3.95. The lowest BCUT2D eigenvalue weighted by Gasteiger charge is -2.33. The molecule has 1 aliphatic rings. The summed E-state index contributed by atoms with van der Waals surface area (Å²) in [5.74, 6) is -0.150. The van der Waals surface area contributed by atoms with Gasteiger partial charge in [-0.25, -0.2) is 0 Å². The van der Waals surface area contributed by atoms with Crippen molar-refractivity contribution in [2.24, 2.45) is 0 Å². The minimum Gasteiger partial charge on any atom is -0.332 e. The largest absolute Gasteiger partial charge is 0.332 e. The quantitative estimate of drug-likeness (QED) is 0.661. The van der Waals surface area contributed by atoms with Gasteiger partial charge in [-0.15, -0.1) is 0 Å². The van der Waals surface area contributed by atoms with Gasteiger partial charge in [-0.1, -0.05) is 18.2 Å². The number of allylic oxidation sites excluding steroid dienone is 2. The molecule has 1 amide bonds. The lowest BCUT2D eigenvalue weighted by Crippen LogP contribution is -2.35. The average molecular weight is 396 g/mol. The molecule has 1 N–H and O–H groups in total. The number of amides is 1. The number of anilines is 2. The van der Waals surface area contributed by atoms with Crippen LogP contribution in [0, 0.1) is 0 Å². The summed E-state index contributed by atoms with van der Waals surface area (Å²) in [4.78, 5) is 34.3. The fourth-order valence-corrected chi connectivity index (χ4v) is 3.46. The molecule has 1 aliphatic heterocycles. The number of hydrogen-bond donors (Lipinski definition) is 1. The Morgan fingerprint density at radius 2 is 2.00 bits per heavy atom. The second-order valence-electron chi connectivity index (χ2n) is 6.86. The van der Waals surface area contributed by atoms with Crippen molar-refractivity contribution < 1.29 is 9.59 Å². The van der Waals surface area contributed by atoms with Gasteiger partial charge >= 0.3 is 0 Å². The highest BCUT2D eigenvalue weighted by Gasteiger charge is 2.27. The van der Waals surface area contributed by atoms with Gasteiger partial charge in [0, 0.05) is 36.8 Å². The van der Waals surface area contributed by atoms with Gasteiger partial charge in [-0.3, -0.25) is 14.8 Å². The Balaban J connectivity index is 1.85. The molecule has 0 aliphatic carbocycles. The number of hydrogen-bond acceptors (Lipinski definition) is 5. The van der Waals surface area contributed by atoms with Crippen molar-refractivity contribution in [3.8, 4) is 0 Å². The summed E-state index contributed by atoms with van der Waals surface area (Å²) in [6.07, 6.45) is 9.96. The highest BCUT2D eigenvalue weighted by atomic mass is 16.1. The summed E-state index contributed by atoms with van der Waals surface area (Å²) in [6.45, 7) is 1.47. The molecule has 0 fully saturated rings. The van der Waals surface area contributed by atoms with E-state index < -0.39 is 6.04 Å². The van der Waals surface area contributed by atoms with E-state index in [0.29, 0.717) is 5.69 Å². The highest BCUT2D eigenvalue weighted by molar-refractivity contribution is 5.99. The molecule has 6 nitrogen and oxygen atoms in total. The van der Waals surface area contributed by atoms with E-state index in [0.717, 1.165) is 34.4 Å². The average Bonchev–Trinajstić information content (AvgIpc) is 2.79. The van der Waals surface area contributed by atoms with Gasteiger partial charge in [0.1, 0.15) is 12.3 Å². The number of carbonyl (C=O) groups excluding carboxylic acids is 2. The van der Waals surface area contributed by atoms with Crippen LogP contribution < -0.4 is 10.2 Å². The van der Waals surface area contributed by atoms with Crippen LogP contribution in [0.4, 0.5) is 11.4 Å². The third kappa shape index (κ3) is 4.03. The van der Waals surface area contributed by atoms with Crippen molar-refractivity contribution in [1.82, 2.24) is 9.97 Å². The first-order chi connectivity index (χ1) is 14.7. The van der Waals surface area contributed by atoms with Crippen molar-refractivity contribution >= 4 is 34.7 Å². The summed E-state index contributed by atoms with van der Waals surface area (Å²) in [6, 6.07) is 16.4. The van der Waals surface area contributed by atoms with Crippen LogP contribution in [-0.4, -0.2) is 28.2 Å². The molecule has 0 bridgehead atoms. The summed E-state index contributed by atoms with van der Waals surface area (Å²) in [5.41, 5.74) is 4.79. The van der Waals surface area contributed by atoms with Crippen LogP contribution in [0.1, 0.15) is 18.2 Å². The van der Waals surface area contributed by atoms with E-state index in [1.54, 1.807) is 18.6 Å². The minimum atomic E-state index is -0.547. The SMILES string of the molecule is CC(=O)Nc1cccc(C2=CC(c3ccccn3)=CN(c3cccnc3)C2C=O)c1. The standard InChI is InChI=1S/C24H20N4O2/c1-17(30)27-20-7-4-6-18(12-20)22-13-19(23-9-2-3-11-26-23)15-28(24(22)16-29)21-8-5-10-25-14-21/h2-16,24H,1H3,(H,27,30). The maximum Gasteiger partial charge on any atom is 0.221 e. The Morgan fingerprint density at radius 3 is 2.70 bits per heavy atom. The van der Waals surface area contributed by atoms with Gasteiger partial charge in [0.25, 0.3) is 0 Å².